The summed E-state index contributed by atoms with van der Waals surface area (Å²) in [5, 5.41) is 3.30. The second-order valence-electron chi connectivity index (χ2n) is 9.81. The van der Waals surface area contributed by atoms with Crippen LogP contribution in [0.2, 0.25) is 0 Å². The number of carbonyl (C=O) groups excluding carboxylic acids is 2. The van der Waals surface area contributed by atoms with Gasteiger partial charge >= 0.3 is 5.97 Å². The number of fused-ring (bicyclic) bond motifs is 5. The molecule has 3 aliphatic carbocycles. The van der Waals surface area contributed by atoms with Crippen molar-refractivity contribution in [1.29, 1.82) is 0 Å². The van der Waals surface area contributed by atoms with Crippen LogP contribution in [0, 0.1) is 28.6 Å². The molecule has 5 nitrogen and oxygen atoms in total. The number of hydrogen-bond donors (Lipinski definition) is 1. The van der Waals surface area contributed by atoms with E-state index in [1.165, 1.54) is 25.7 Å². The molecule has 0 radical (unpaired) electrons. The lowest BCUT2D eigenvalue weighted by atomic mass is 9.47. The summed E-state index contributed by atoms with van der Waals surface area (Å²) in [7, 11) is 0. The van der Waals surface area contributed by atoms with E-state index in [1.54, 1.807) is 0 Å². The van der Waals surface area contributed by atoms with Gasteiger partial charge in [0.1, 0.15) is 6.61 Å². The number of hydrogen-bond acceptors (Lipinski definition) is 4. The van der Waals surface area contributed by atoms with Crippen LogP contribution in [0.1, 0.15) is 72.1 Å². The lowest BCUT2D eigenvalue weighted by Crippen LogP contribution is -2.61. The van der Waals surface area contributed by atoms with Crippen molar-refractivity contribution in [2.45, 2.75) is 84.3 Å². The third-order valence-electron chi connectivity index (χ3n) is 8.72. The van der Waals surface area contributed by atoms with Gasteiger partial charge in [-0.15, -0.1) is 0 Å². The van der Waals surface area contributed by atoms with Crippen molar-refractivity contribution in [3.8, 4) is 0 Å². The summed E-state index contributed by atoms with van der Waals surface area (Å²) >= 11 is 0. The maximum atomic E-state index is 11.9. The van der Waals surface area contributed by atoms with Crippen LogP contribution in [-0.4, -0.2) is 37.2 Å². The smallest absolute Gasteiger partial charge is 0.332 e. The zero-order chi connectivity index (χ0) is 19.2. The highest BCUT2D eigenvalue weighted by atomic mass is 16.6. The normalized spacial score (nSPS) is 46.0. The second-order valence-corrected chi connectivity index (χ2v) is 9.81. The molecule has 0 aromatic carbocycles. The Labute approximate surface area is 162 Å². The maximum Gasteiger partial charge on any atom is 0.332 e. The molecule has 5 heteroatoms. The Kier molecular flexibility index (Phi) is 5.02. The minimum atomic E-state index is -0.246. The first-order valence-corrected chi connectivity index (χ1v) is 10.9. The van der Waals surface area contributed by atoms with Crippen molar-refractivity contribution >= 4 is 11.9 Å². The predicted molar refractivity (Wildman–Crippen MR) is 102 cm³/mol. The molecule has 4 aliphatic rings. The molecule has 4 rings (SSSR count). The van der Waals surface area contributed by atoms with Crippen molar-refractivity contribution in [1.82, 2.24) is 5.32 Å². The molecule has 3 unspecified atom stereocenters. The highest BCUT2D eigenvalue weighted by Crippen LogP contribution is 2.64. The Hall–Kier alpha value is -1.10. The molecule has 1 saturated heterocycles. The highest BCUT2D eigenvalue weighted by Gasteiger charge is 2.60. The molecule has 0 bridgehead atoms. The number of nitrogens with one attached hydrogen (secondary N) is 1. The Bertz CT molecular complexity index is 607. The lowest BCUT2D eigenvalue weighted by molar-refractivity contribution is -0.158. The van der Waals surface area contributed by atoms with E-state index in [2.05, 4.69) is 19.2 Å². The van der Waals surface area contributed by atoms with Crippen molar-refractivity contribution in [2.24, 2.45) is 28.6 Å². The largest absolute Gasteiger partial charge is 0.464 e. The number of ether oxygens (including phenoxy) is 2. The molecule has 0 spiro atoms. The quantitative estimate of drug-likeness (QED) is 0.762. The van der Waals surface area contributed by atoms with Gasteiger partial charge in [-0.25, -0.2) is 4.79 Å². The first kappa shape index (κ1) is 19.2. The third kappa shape index (κ3) is 3.10. The summed E-state index contributed by atoms with van der Waals surface area (Å²) in [6.45, 7) is 7.15. The van der Waals surface area contributed by atoms with Crippen molar-refractivity contribution in [2.75, 3.05) is 13.2 Å². The van der Waals surface area contributed by atoms with Gasteiger partial charge in [-0.05, 0) is 80.5 Å². The molecular weight excluding hydrogens is 342 g/mol. The Balaban J connectivity index is 1.47. The molecule has 0 aromatic heterocycles. The van der Waals surface area contributed by atoms with Crippen LogP contribution in [0.3, 0.4) is 0 Å². The zero-order valence-corrected chi connectivity index (χ0v) is 17.1. The zero-order valence-electron chi connectivity index (χ0n) is 17.1. The number of rotatable bonds is 4. The van der Waals surface area contributed by atoms with Crippen molar-refractivity contribution in [3.05, 3.63) is 0 Å². The van der Waals surface area contributed by atoms with Gasteiger partial charge in [0.25, 0.3) is 0 Å². The highest BCUT2D eigenvalue weighted by molar-refractivity contribution is 5.77. The molecular formula is C22H35NO4. The van der Waals surface area contributed by atoms with Crippen LogP contribution in [0.25, 0.3) is 0 Å². The first-order chi connectivity index (χ1) is 12.9. The van der Waals surface area contributed by atoms with Crippen molar-refractivity contribution in [3.63, 3.8) is 0 Å². The Morgan fingerprint density at radius 3 is 2.63 bits per heavy atom. The molecule has 152 valence electrons. The minimum Gasteiger partial charge on any atom is -0.464 e. The summed E-state index contributed by atoms with van der Waals surface area (Å²) in [5.74, 6) is 2.11. The van der Waals surface area contributed by atoms with Crippen molar-refractivity contribution < 1.29 is 19.1 Å². The van der Waals surface area contributed by atoms with Gasteiger partial charge in [0.2, 0.25) is 5.91 Å². The second kappa shape index (κ2) is 7.06. The van der Waals surface area contributed by atoms with Crippen LogP contribution < -0.4 is 5.32 Å². The molecule has 7 atom stereocenters. The number of piperidine rings is 1. The predicted octanol–water partition coefficient (Wildman–Crippen LogP) is 3.46. The fourth-order valence-electron chi connectivity index (χ4n) is 7.30. The monoisotopic (exact) mass is 377 g/mol. The van der Waals surface area contributed by atoms with E-state index in [0.717, 1.165) is 25.2 Å². The van der Waals surface area contributed by atoms with Gasteiger partial charge in [-0.3, -0.25) is 4.79 Å². The number of carbonyl (C=O) groups is 2. The third-order valence-corrected chi connectivity index (χ3v) is 8.72. The van der Waals surface area contributed by atoms with E-state index < -0.39 is 0 Å². The summed E-state index contributed by atoms with van der Waals surface area (Å²) in [6.07, 6.45) is 8.88. The van der Waals surface area contributed by atoms with Crippen LogP contribution in [0.4, 0.5) is 0 Å². The fraction of sp³-hybridized carbons (Fsp3) is 0.909. The van der Waals surface area contributed by atoms with E-state index in [9.17, 15) is 9.59 Å². The molecule has 27 heavy (non-hydrogen) atoms. The Morgan fingerprint density at radius 2 is 1.85 bits per heavy atom. The SMILES string of the molecule is CCOC(=O)CO[C@H]1CCC2C3CC[C@H]4NC(=O)CC[C@]4(C)C3CC[C@@]21C. The van der Waals surface area contributed by atoms with Gasteiger partial charge in [-0.2, -0.15) is 0 Å². The van der Waals surface area contributed by atoms with E-state index in [0.29, 0.717) is 30.9 Å². The van der Waals surface area contributed by atoms with E-state index in [1.807, 2.05) is 6.92 Å². The molecule has 0 aromatic rings. The van der Waals surface area contributed by atoms with E-state index in [-0.39, 0.29) is 35.4 Å². The van der Waals surface area contributed by atoms with Crippen LogP contribution in [-0.2, 0) is 19.1 Å². The van der Waals surface area contributed by atoms with Gasteiger partial charge < -0.3 is 14.8 Å². The number of amides is 1. The minimum absolute atomic E-state index is 0.0841. The van der Waals surface area contributed by atoms with Crippen LogP contribution in [0.15, 0.2) is 0 Å². The number of esters is 1. The fourth-order valence-corrected chi connectivity index (χ4v) is 7.30. The molecule has 1 N–H and O–H groups in total. The molecule has 1 heterocycles. The average Bonchev–Trinajstić information content (AvgIpc) is 2.97. The molecule has 3 saturated carbocycles. The molecule has 1 amide bonds. The molecule has 4 fully saturated rings. The summed E-state index contributed by atoms with van der Waals surface area (Å²) in [6, 6.07) is 0.363. The van der Waals surface area contributed by atoms with Gasteiger partial charge in [0, 0.05) is 12.5 Å². The first-order valence-electron chi connectivity index (χ1n) is 10.9. The summed E-state index contributed by atoms with van der Waals surface area (Å²) in [4.78, 5) is 23.6. The van der Waals surface area contributed by atoms with E-state index >= 15 is 0 Å². The summed E-state index contributed by atoms with van der Waals surface area (Å²) < 4.78 is 11.1. The molecule has 1 aliphatic heterocycles. The van der Waals surface area contributed by atoms with Gasteiger partial charge in [-0.1, -0.05) is 13.8 Å². The van der Waals surface area contributed by atoms with Crippen LogP contribution in [0.5, 0.6) is 0 Å². The summed E-state index contributed by atoms with van der Waals surface area (Å²) in [5.41, 5.74) is 0.427. The topological polar surface area (TPSA) is 64.6 Å². The lowest BCUT2D eigenvalue weighted by Gasteiger charge is -2.60. The average molecular weight is 378 g/mol. The van der Waals surface area contributed by atoms with Gasteiger partial charge in [0.15, 0.2) is 0 Å². The maximum absolute atomic E-state index is 11.9. The standard InChI is InChI=1S/C22H35NO4/c1-4-26-20(25)13-27-18-8-6-15-14-5-7-17-21(2,12-10-19(24)23-17)16(14)9-11-22(15,18)3/h14-18H,4-13H2,1-3H3,(H,23,24)/t14?,15?,16?,17-,18+,21-,22+/m1/s1. The Morgan fingerprint density at radius 1 is 1.07 bits per heavy atom. The van der Waals surface area contributed by atoms with Gasteiger partial charge in [0.05, 0.1) is 12.7 Å². The van der Waals surface area contributed by atoms with E-state index in [4.69, 9.17) is 9.47 Å². The van der Waals surface area contributed by atoms with Crippen LogP contribution >= 0.6 is 0 Å².